The summed E-state index contributed by atoms with van der Waals surface area (Å²) < 4.78 is 5.39. The summed E-state index contributed by atoms with van der Waals surface area (Å²) in [5, 5.41) is 0. The van der Waals surface area contributed by atoms with Crippen LogP contribution in [0.25, 0.3) is 0 Å². The van der Waals surface area contributed by atoms with Gasteiger partial charge in [-0.2, -0.15) is 0 Å². The molecule has 0 atom stereocenters. The topological polar surface area (TPSA) is 29.5 Å². The molecule has 0 heterocycles. The van der Waals surface area contributed by atoms with Crippen LogP contribution in [0.5, 0.6) is 0 Å². The maximum atomic E-state index is 11.7. The summed E-state index contributed by atoms with van der Waals surface area (Å²) in [6.07, 6.45) is 0. The molecule has 0 aromatic heterocycles. The van der Waals surface area contributed by atoms with Gasteiger partial charge < -0.3 is 9.64 Å². The van der Waals surface area contributed by atoms with Gasteiger partial charge >= 0.3 is 0 Å². The summed E-state index contributed by atoms with van der Waals surface area (Å²) in [5.74, 6) is 0.0464. The van der Waals surface area contributed by atoms with Gasteiger partial charge in [0.25, 0.3) is 0 Å². The van der Waals surface area contributed by atoms with Gasteiger partial charge in [-0.1, -0.05) is 44.2 Å². The van der Waals surface area contributed by atoms with E-state index in [-0.39, 0.29) is 12.4 Å². The Balaban J connectivity index is 2.21. The van der Waals surface area contributed by atoms with E-state index in [2.05, 4.69) is 18.7 Å². The van der Waals surface area contributed by atoms with Gasteiger partial charge in [-0.3, -0.25) is 4.79 Å². The van der Waals surface area contributed by atoms with Crippen LogP contribution >= 0.6 is 0 Å². The summed E-state index contributed by atoms with van der Waals surface area (Å²) in [7, 11) is 0. The second-order valence-electron chi connectivity index (χ2n) is 3.87. The summed E-state index contributed by atoms with van der Waals surface area (Å²) in [6, 6.07) is 9.26. The molecular weight excluding hydrogens is 214 g/mol. The van der Waals surface area contributed by atoms with Gasteiger partial charge in [-0.15, -0.1) is 0 Å². The Hall–Kier alpha value is -1.19. The Kier molecular flexibility index (Phi) is 6.51. The van der Waals surface area contributed by atoms with Crippen molar-refractivity contribution < 1.29 is 9.53 Å². The van der Waals surface area contributed by atoms with Crippen LogP contribution in [-0.4, -0.2) is 43.5 Å². The molecule has 0 unspecified atom stereocenters. The number of ketones is 1. The number of ether oxygens (including phenoxy) is 1. The quantitative estimate of drug-likeness (QED) is 0.511. The first-order valence-electron chi connectivity index (χ1n) is 6.16. The van der Waals surface area contributed by atoms with Crippen molar-refractivity contribution in [1.82, 2.24) is 4.90 Å². The third kappa shape index (κ3) is 5.11. The summed E-state index contributed by atoms with van der Waals surface area (Å²) in [6.45, 7) is 7.96. The number of rotatable bonds is 8. The molecular formula is C14H21NO2. The van der Waals surface area contributed by atoms with E-state index < -0.39 is 0 Å². The van der Waals surface area contributed by atoms with Crippen molar-refractivity contribution in [1.29, 1.82) is 0 Å². The molecule has 0 bridgehead atoms. The Bertz CT molecular complexity index is 320. The maximum absolute atomic E-state index is 11.7. The highest BCUT2D eigenvalue weighted by Crippen LogP contribution is 2.00. The number of carbonyl (C=O) groups is 1. The van der Waals surface area contributed by atoms with Gasteiger partial charge in [0.05, 0.1) is 6.61 Å². The molecule has 0 N–H and O–H groups in total. The number of benzene rings is 1. The lowest BCUT2D eigenvalue weighted by molar-refractivity contribution is 0.0708. The first-order valence-corrected chi connectivity index (χ1v) is 6.16. The predicted octanol–water partition coefficient (Wildman–Crippen LogP) is 2.23. The first-order chi connectivity index (χ1) is 8.27. The fraction of sp³-hybridized carbons (Fsp3) is 0.500. The molecule has 1 aromatic rings. The van der Waals surface area contributed by atoms with E-state index in [1.165, 1.54) is 0 Å². The lowest BCUT2D eigenvalue weighted by atomic mass is 10.1. The van der Waals surface area contributed by atoms with E-state index in [0.717, 1.165) is 25.2 Å². The fourth-order valence-electron chi connectivity index (χ4n) is 1.61. The average Bonchev–Trinajstić information content (AvgIpc) is 2.40. The molecule has 0 aliphatic carbocycles. The van der Waals surface area contributed by atoms with E-state index in [1.807, 2.05) is 30.3 Å². The number of hydrogen-bond acceptors (Lipinski definition) is 3. The van der Waals surface area contributed by atoms with Crippen molar-refractivity contribution in [2.24, 2.45) is 0 Å². The highest BCUT2D eigenvalue weighted by Gasteiger charge is 2.05. The van der Waals surface area contributed by atoms with Gasteiger partial charge in [0.1, 0.15) is 6.61 Å². The minimum atomic E-state index is 0.0464. The van der Waals surface area contributed by atoms with E-state index in [4.69, 9.17) is 4.74 Å². The van der Waals surface area contributed by atoms with Crippen LogP contribution in [0.3, 0.4) is 0 Å². The van der Waals surface area contributed by atoms with Crippen molar-refractivity contribution >= 4 is 5.78 Å². The largest absolute Gasteiger partial charge is 0.372 e. The van der Waals surface area contributed by atoms with E-state index in [0.29, 0.717) is 6.61 Å². The van der Waals surface area contributed by atoms with Crippen LogP contribution in [0.2, 0.25) is 0 Å². The van der Waals surface area contributed by atoms with Crippen LogP contribution in [0.15, 0.2) is 30.3 Å². The van der Waals surface area contributed by atoms with Crippen LogP contribution in [0.4, 0.5) is 0 Å². The Labute approximate surface area is 103 Å². The number of likely N-dealkylation sites (N-methyl/N-ethyl adjacent to an activating group) is 1. The zero-order chi connectivity index (χ0) is 12.5. The first kappa shape index (κ1) is 13.9. The summed E-state index contributed by atoms with van der Waals surface area (Å²) in [4.78, 5) is 14.0. The second-order valence-corrected chi connectivity index (χ2v) is 3.87. The Morgan fingerprint density at radius 2 is 1.82 bits per heavy atom. The van der Waals surface area contributed by atoms with Gasteiger partial charge in [-0.05, 0) is 13.1 Å². The zero-order valence-corrected chi connectivity index (χ0v) is 10.7. The molecule has 3 heteroatoms. The maximum Gasteiger partial charge on any atom is 0.188 e. The third-order valence-corrected chi connectivity index (χ3v) is 2.78. The lowest BCUT2D eigenvalue weighted by Crippen LogP contribution is -2.27. The summed E-state index contributed by atoms with van der Waals surface area (Å²) in [5.41, 5.74) is 0.718. The van der Waals surface area contributed by atoms with Gasteiger partial charge in [0.2, 0.25) is 0 Å². The van der Waals surface area contributed by atoms with Crippen LogP contribution < -0.4 is 0 Å². The van der Waals surface area contributed by atoms with Crippen LogP contribution in [-0.2, 0) is 4.74 Å². The number of hydrogen-bond donors (Lipinski definition) is 0. The van der Waals surface area contributed by atoms with E-state index in [1.54, 1.807) is 0 Å². The van der Waals surface area contributed by atoms with Crippen molar-refractivity contribution in [3.8, 4) is 0 Å². The van der Waals surface area contributed by atoms with Crippen molar-refractivity contribution in [2.45, 2.75) is 13.8 Å². The molecule has 94 valence electrons. The molecule has 0 saturated carbocycles. The van der Waals surface area contributed by atoms with Crippen molar-refractivity contribution in [3.63, 3.8) is 0 Å². The molecule has 0 saturated heterocycles. The van der Waals surface area contributed by atoms with Gasteiger partial charge in [0, 0.05) is 12.1 Å². The minimum absolute atomic E-state index is 0.0464. The number of nitrogens with zero attached hydrogens (tertiary/aromatic N) is 1. The van der Waals surface area contributed by atoms with Gasteiger partial charge in [0.15, 0.2) is 5.78 Å². The average molecular weight is 235 g/mol. The smallest absolute Gasteiger partial charge is 0.188 e. The fourth-order valence-corrected chi connectivity index (χ4v) is 1.61. The van der Waals surface area contributed by atoms with Crippen molar-refractivity contribution in [2.75, 3.05) is 32.8 Å². The normalized spacial score (nSPS) is 10.8. The Morgan fingerprint density at radius 1 is 1.18 bits per heavy atom. The molecule has 0 amide bonds. The molecule has 0 spiro atoms. The molecule has 3 nitrogen and oxygen atoms in total. The van der Waals surface area contributed by atoms with E-state index >= 15 is 0 Å². The third-order valence-electron chi connectivity index (χ3n) is 2.78. The van der Waals surface area contributed by atoms with Crippen LogP contribution in [0, 0.1) is 0 Å². The molecule has 1 rings (SSSR count). The molecule has 0 aliphatic rings. The molecule has 0 radical (unpaired) electrons. The SMILES string of the molecule is CCN(CC)CCOCC(=O)c1ccccc1. The lowest BCUT2D eigenvalue weighted by Gasteiger charge is -2.17. The Morgan fingerprint density at radius 3 is 2.41 bits per heavy atom. The zero-order valence-electron chi connectivity index (χ0n) is 10.7. The second kappa shape index (κ2) is 7.98. The van der Waals surface area contributed by atoms with E-state index in [9.17, 15) is 4.79 Å². The van der Waals surface area contributed by atoms with Gasteiger partial charge in [-0.25, -0.2) is 0 Å². The molecule has 0 fully saturated rings. The highest BCUT2D eigenvalue weighted by molar-refractivity contribution is 5.96. The van der Waals surface area contributed by atoms with Crippen molar-refractivity contribution in [3.05, 3.63) is 35.9 Å². The number of carbonyl (C=O) groups excluding carboxylic acids is 1. The van der Waals surface area contributed by atoms with Crippen LogP contribution in [0.1, 0.15) is 24.2 Å². The monoisotopic (exact) mass is 235 g/mol. The summed E-state index contributed by atoms with van der Waals surface area (Å²) >= 11 is 0. The predicted molar refractivity (Wildman–Crippen MR) is 69.4 cm³/mol. The molecule has 17 heavy (non-hydrogen) atoms. The molecule has 1 aromatic carbocycles. The number of Topliss-reactive ketones (excluding diaryl/α,β-unsaturated/α-hetero) is 1. The minimum Gasteiger partial charge on any atom is -0.372 e. The highest BCUT2D eigenvalue weighted by atomic mass is 16.5. The molecule has 0 aliphatic heterocycles. The standard InChI is InChI=1S/C14H21NO2/c1-3-15(4-2)10-11-17-12-14(16)13-8-6-5-7-9-13/h5-9H,3-4,10-12H2,1-2H3.